The minimum absolute atomic E-state index is 0.00605. The zero-order valence-electron chi connectivity index (χ0n) is 18.7. The molecular weight excluding hydrogens is 416 g/mol. The number of esters is 1. The highest BCUT2D eigenvalue weighted by Crippen LogP contribution is 2.57. The average Bonchev–Trinajstić information content (AvgIpc) is 2.74. The second kappa shape index (κ2) is 7.87. The van der Waals surface area contributed by atoms with Crippen molar-refractivity contribution in [1.29, 1.82) is 0 Å². The predicted octanol–water partition coefficient (Wildman–Crippen LogP) is 5.51. The van der Waals surface area contributed by atoms with Crippen LogP contribution in [0.4, 0.5) is 14.5 Å². The van der Waals surface area contributed by atoms with Crippen molar-refractivity contribution in [2.45, 2.75) is 57.3 Å². The quantitative estimate of drug-likeness (QED) is 0.620. The van der Waals surface area contributed by atoms with E-state index in [-0.39, 0.29) is 23.1 Å². The maximum absolute atomic E-state index is 14.4. The average molecular weight is 443 g/mol. The summed E-state index contributed by atoms with van der Waals surface area (Å²) in [6.07, 6.45) is 4.29. The van der Waals surface area contributed by atoms with Gasteiger partial charge in [-0.05, 0) is 78.8 Å². The molecule has 2 aromatic rings. The first kappa shape index (κ1) is 22.2. The number of ether oxygens (including phenoxy) is 2. The van der Waals surface area contributed by atoms with Crippen LogP contribution < -0.4 is 10.1 Å². The predicted molar refractivity (Wildman–Crippen MR) is 116 cm³/mol. The maximum Gasteiger partial charge on any atom is 0.344 e. The van der Waals surface area contributed by atoms with E-state index in [1.807, 2.05) is 12.1 Å². The molecule has 0 aromatic heterocycles. The van der Waals surface area contributed by atoms with Crippen LogP contribution in [0.15, 0.2) is 24.3 Å². The number of fused-ring (bicyclic) bond motifs is 2. The topological polar surface area (TPSA) is 64.6 Å². The monoisotopic (exact) mass is 443 g/mol. The molecular formula is C25H27F2NO4. The van der Waals surface area contributed by atoms with Crippen molar-refractivity contribution in [3.8, 4) is 5.75 Å². The van der Waals surface area contributed by atoms with Gasteiger partial charge in [0.25, 0.3) is 5.91 Å². The highest BCUT2D eigenvalue weighted by atomic mass is 19.1. The van der Waals surface area contributed by atoms with Crippen molar-refractivity contribution in [3.05, 3.63) is 58.2 Å². The molecule has 3 aliphatic rings. The minimum Gasteiger partial charge on any atom is -0.496 e. The van der Waals surface area contributed by atoms with Crippen molar-refractivity contribution in [2.24, 2.45) is 0 Å². The summed E-state index contributed by atoms with van der Waals surface area (Å²) in [7, 11) is 1.50. The number of carbonyl (C=O) groups is 2. The summed E-state index contributed by atoms with van der Waals surface area (Å²) in [5, 5.41) is 2.53. The van der Waals surface area contributed by atoms with Crippen molar-refractivity contribution in [1.82, 2.24) is 0 Å². The lowest BCUT2D eigenvalue weighted by Gasteiger charge is -2.52. The summed E-state index contributed by atoms with van der Waals surface area (Å²) in [6, 6.07) is 5.61. The van der Waals surface area contributed by atoms with E-state index in [0.717, 1.165) is 43.4 Å². The first-order chi connectivity index (χ1) is 15.1. The van der Waals surface area contributed by atoms with Gasteiger partial charge >= 0.3 is 5.97 Å². The fourth-order valence-corrected chi connectivity index (χ4v) is 5.06. The van der Waals surface area contributed by atoms with Crippen LogP contribution in [-0.2, 0) is 15.6 Å². The lowest BCUT2D eigenvalue weighted by Crippen LogP contribution is -2.44. The SMILES string of the molecule is CCOC(=O)c1c(F)cc(NC(=O)c2cc3c(cc2OC)C2(C)CCC3(C)CC2)cc1F. The summed E-state index contributed by atoms with van der Waals surface area (Å²) in [5.41, 5.74) is 1.82. The molecule has 1 N–H and O–H groups in total. The number of hydrogen-bond donors (Lipinski definition) is 1. The zero-order chi connectivity index (χ0) is 23.3. The van der Waals surface area contributed by atoms with Crippen molar-refractivity contribution in [3.63, 3.8) is 0 Å². The third kappa shape index (κ3) is 3.53. The van der Waals surface area contributed by atoms with Gasteiger partial charge in [0, 0.05) is 5.69 Å². The summed E-state index contributed by atoms with van der Waals surface area (Å²) < 4.78 is 39.0. The van der Waals surface area contributed by atoms with Crippen LogP contribution >= 0.6 is 0 Å². The third-order valence-electron chi connectivity index (χ3n) is 7.12. The second-order valence-electron chi connectivity index (χ2n) is 9.21. The smallest absolute Gasteiger partial charge is 0.344 e. The molecule has 0 atom stereocenters. The molecule has 0 saturated heterocycles. The molecule has 0 aliphatic heterocycles. The number of rotatable bonds is 5. The highest BCUT2D eigenvalue weighted by molar-refractivity contribution is 6.06. The first-order valence-corrected chi connectivity index (χ1v) is 10.8. The van der Waals surface area contributed by atoms with Gasteiger partial charge in [-0.15, -0.1) is 0 Å². The van der Waals surface area contributed by atoms with Gasteiger partial charge in [0.15, 0.2) is 0 Å². The summed E-state index contributed by atoms with van der Waals surface area (Å²) in [5.74, 6) is -3.42. The number of anilines is 1. The van der Waals surface area contributed by atoms with E-state index in [1.165, 1.54) is 12.7 Å². The first-order valence-electron chi connectivity index (χ1n) is 10.8. The van der Waals surface area contributed by atoms with Crippen LogP contribution in [0.2, 0.25) is 0 Å². The normalized spacial score (nSPS) is 23.4. The van der Waals surface area contributed by atoms with Crippen LogP contribution in [0, 0.1) is 11.6 Å². The van der Waals surface area contributed by atoms with Gasteiger partial charge in [0.2, 0.25) is 0 Å². The van der Waals surface area contributed by atoms with E-state index in [9.17, 15) is 18.4 Å². The van der Waals surface area contributed by atoms with E-state index in [1.54, 1.807) is 6.92 Å². The molecule has 2 aromatic carbocycles. The molecule has 0 spiro atoms. The van der Waals surface area contributed by atoms with Crippen molar-refractivity contribution >= 4 is 17.6 Å². The number of methoxy groups -OCH3 is 1. The molecule has 0 radical (unpaired) electrons. The van der Waals surface area contributed by atoms with E-state index in [4.69, 9.17) is 4.74 Å². The fraction of sp³-hybridized carbons (Fsp3) is 0.440. The maximum atomic E-state index is 14.4. The molecule has 0 heterocycles. The Labute approximate surface area is 186 Å². The standard InChI is InChI=1S/C25H27F2NO4/c1-5-32-23(30)21-18(26)10-14(11-19(21)27)28-22(29)15-12-16-17(13-20(15)31-4)25(3)8-6-24(16,2)7-9-25/h10-13H,5-9H2,1-4H3,(H,28,29). The van der Waals surface area contributed by atoms with Crippen LogP contribution in [-0.4, -0.2) is 25.6 Å². The molecule has 5 nitrogen and oxygen atoms in total. The lowest BCUT2D eigenvalue weighted by molar-refractivity contribution is 0.0515. The largest absolute Gasteiger partial charge is 0.496 e. The Hall–Kier alpha value is -2.96. The van der Waals surface area contributed by atoms with Gasteiger partial charge in [-0.3, -0.25) is 4.79 Å². The molecule has 1 amide bonds. The number of carbonyl (C=O) groups excluding carboxylic acids is 2. The molecule has 170 valence electrons. The van der Waals surface area contributed by atoms with Gasteiger partial charge in [0.05, 0.1) is 19.3 Å². The van der Waals surface area contributed by atoms with Crippen LogP contribution in [0.5, 0.6) is 5.75 Å². The van der Waals surface area contributed by atoms with Gasteiger partial charge in [-0.2, -0.15) is 0 Å². The van der Waals surface area contributed by atoms with Crippen molar-refractivity contribution < 1.29 is 27.8 Å². The molecule has 5 rings (SSSR count). The Bertz CT molecular complexity index is 1080. The third-order valence-corrected chi connectivity index (χ3v) is 7.12. The lowest BCUT2D eigenvalue weighted by atomic mass is 9.52. The number of halogens is 2. The molecule has 3 aliphatic carbocycles. The van der Waals surface area contributed by atoms with Crippen LogP contribution in [0.1, 0.15) is 78.3 Å². The summed E-state index contributed by atoms with van der Waals surface area (Å²) in [6.45, 7) is 6.01. The Morgan fingerprint density at radius 2 is 1.50 bits per heavy atom. The summed E-state index contributed by atoms with van der Waals surface area (Å²) >= 11 is 0. The van der Waals surface area contributed by atoms with E-state index >= 15 is 0 Å². The summed E-state index contributed by atoms with van der Waals surface area (Å²) in [4.78, 5) is 24.9. The Morgan fingerprint density at radius 1 is 0.969 bits per heavy atom. The van der Waals surface area contributed by atoms with E-state index in [2.05, 4.69) is 23.9 Å². The minimum atomic E-state index is -1.10. The molecule has 1 fully saturated rings. The highest BCUT2D eigenvalue weighted by Gasteiger charge is 2.48. The van der Waals surface area contributed by atoms with Gasteiger partial charge < -0.3 is 14.8 Å². The number of benzene rings is 2. The van der Waals surface area contributed by atoms with Crippen molar-refractivity contribution in [2.75, 3.05) is 19.0 Å². The molecule has 2 bridgehead atoms. The van der Waals surface area contributed by atoms with Gasteiger partial charge in [-0.1, -0.05) is 13.8 Å². The van der Waals surface area contributed by atoms with E-state index < -0.39 is 29.1 Å². The van der Waals surface area contributed by atoms with Gasteiger partial charge in [-0.25, -0.2) is 13.6 Å². The van der Waals surface area contributed by atoms with E-state index in [0.29, 0.717) is 11.3 Å². The Kier molecular flexibility index (Phi) is 5.47. The Balaban J connectivity index is 1.69. The van der Waals surface area contributed by atoms with Crippen LogP contribution in [0.3, 0.4) is 0 Å². The zero-order valence-corrected chi connectivity index (χ0v) is 18.7. The van der Waals surface area contributed by atoms with Crippen LogP contribution in [0.25, 0.3) is 0 Å². The number of nitrogens with one attached hydrogen (secondary N) is 1. The molecule has 7 heteroatoms. The molecule has 1 saturated carbocycles. The van der Waals surface area contributed by atoms with Gasteiger partial charge in [0.1, 0.15) is 22.9 Å². The Morgan fingerprint density at radius 3 is 2.00 bits per heavy atom. The number of hydrogen-bond acceptors (Lipinski definition) is 4. The number of amides is 1. The molecule has 32 heavy (non-hydrogen) atoms. The fourth-order valence-electron chi connectivity index (χ4n) is 5.06. The second-order valence-corrected chi connectivity index (χ2v) is 9.21. The molecule has 0 unspecified atom stereocenters.